The summed E-state index contributed by atoms with van der Waals surface area (Å²) in [6.45, 7) is 0. The van der Waals surface area contributed by atoms with Crippen LogP contribution in [0.25, 0.3) is 11.0 Å². The van der Waals surface area contributed by atoms with Crippen molar-refractivity contribution < 1.29 is 0 Å². The van der Waals surface area contributed by atoms with Crippen molar-refractivity contribution in [1.82, 2.24) is 19.7 Å². The third-order valence-corrected chi connectivity index (χ3v) is 2.16. The lowest BCUT2D eigenvalue weighted by molar-refractivity contribution is 0.841. The van der Waals surface area contributed by atoms with Crippen molar-refractivity contribution in [3.8, 4) is 0 Å². The van der Waals surface area contributed by atoms with Crippen LogP contribution in [0.5, 0.6) is 0 Å². The number of nitrogens with one attached hydrogen (secondary N) is 1. The molecule has 0 saturated heterocycles. The molecule has 2 heterocycles. The van der Waals surface area contributed by atoms with E-state index in [-0.39, 0.29) is 5.56 Å². The molecule has 6 heteroatoms. The first-order chi connectivity index (χ1) is 5.70. The largest absolute Gasteiger partial charge is 0.302 e. The first-order valence-corrected chi connectivity index (χ1v) is 4.04. The van der Waals surface area contributed by atoms with E-state index in [0.29, 0.717) is 15.6 Å². The number of fused-ring (bicyclic) bond motifs is 1. The van der Waals surface area contributed by atoms with Gasteiger partial charge in [0.1, 0.15) is 9.99 Å². The van der Waals surface area contributed by atoms with Crippen molar-refractivity contribution in [2.24, 2.45) is 7.05 Å². The lowest BCUT2D eigenvalue weighted by atomic mass is 10.4. The molecular weight excluding hydrogens is 224 g/mol. The molecule has 0 unspecified atom stereocenters. The summed E-state index contributed by atoms with van der Waals surface area (Å²) >= 11 is 3.18. The van der Waals surface area contributed by atoms with Crippen LogP contribution in [-0.2, 0) is 7.05 Å². The number of halogens is 1. The minimum Gasteiger partial charge on any atom is -0.302 e. The molecule has 12 heavy (non-hydrogen) atoms. The summed E-state index contributed by atoms with van der Waals surface area (Å²) in [5.41, 5.74) is 0.325. The third-order valence-electron chi connectivity index (χ3n) is 1.59. The molecule has 0 bridgehead atoms. The van der Waals surface area contributed by atoms with E-state index in [9.17, 15) is 4.79 Å². The van der Waals surface area contributed by atoms with Crippen molar-refractivity contribution in [3.05, 3.63) is 21.3 Å². The zero-order valence-corrected chi connectivity index (χ0v) is 7.79. The Balaban J connectivity index is 3.06. The summed E-state index contributed by atoms with van der Waals surface area (Å²) in [5, 5.41) is 6.95. The van der Waals surface area contributed by atoms with E-state index >= 15 is 0 Å². The Hall–Kier alpha value is -1.17. The molecule has 0 aliphatic heterocycles. The second-order valence-corrected chi connectivity index (χ2v) is 3.19. The fraction of sp³-hybridized carbons (Fsp3) is 0.167. The Morgan fingerprint density at radius 1 is 1.67 bits per heavy atom. The molecule has 0 aromatic carbocycles. The average Bonchev–Trinajstić information content (AvgIpc) is 2.41. The maximum Gasteiger partial charge on any atom is 0.265 e. The van der Waals surface area contributed by atoms with Crippen LogP contribution < -0.4 is 5.56 Å². The number of hydrogen-bond donors (Lipinski definition) is 1. The Kier molecular flexibility index (Phi) is 1.50. The SMILES string of the molecule is Cn1cnc2n[nH]c(Br)c2c1=O. The van der Waals surface area contributed by atoms with E-state index in [4.69, 9.17) is 0 Å². The van der Waals surface area contributed by atoms with Gasteiger partial charge in [0.15, 0.2) is 5.65 Å². The van der Waals surface area contributed by atoms with Gasteiger partial charge in [0.25, 0.3) is 5.56 Å². The van der Waals surface area contributed by atoms with Gasteiger partial charge in [-0.1, -0.05) is 0 Å². The molecule has 1 N–H and O–H groups in total. The molecule has 2 aromatic rings. The van der Waals surface area contributed by atoms with Crippen LogP contribution in [-0.4, -0.2) is 19.7 Å². The highest BCUT2D eigenvalue weighted by Gasteiger charge is 2.08. The number of H-pyrrole nitrogens is 1. The first-order valence-electron chi connectivity index (χ1n) is 3.25. The van der Waals surface area contributed by atoms with E-state index in [1.807, 2.05) is 0 Å². The van der Waals surface area contributed by atoms with Gasteiger partial charge < -0.3 is 4.57 Å². The highest BCUT2D eigenvalue weighted by atomic mass is 79.9. The van der Waals surface area contributed by atoms with E-state index in [1.165, 1.54) is 10.9 Å². The topological polar surface area (TPSA) is 63.6 Å². The monoisotopic (exact) mass is 228 g/mol. The number of rotatable bonds is 0. The van der Waals surface area contributed by atoms with E-state index < -0.39 is 0 Å². The van der Waals surface area contributed by atoms with Gasteiger partial charge in [-0.15, -0.1) is 0 Å². The van der Waals surface area contributed by atoms with E-state index in [2.05, 4.69) is 31.1 Å². The molecule has 5 nitrogen and oxygen atoms in total. The molecular formula is C6H5BrN4O. The van der Waals surface area contributed by atoms with Crippen LogP contribution in [0.1, 0.15) is 0 Å². The minimum absolute atomic E-state index is 0.111. The van der Waals surface area contributed by atoms with Gasteiger partial charge in [-0.25, -0.2) is 4.98 Å². The molecule has 0 radical (unpaired) electrons. The van der Waals surface area contributed by atoms with Crippen LogP contribution in [0.2, 0.25) is 0 Å². The molecule has 2 aromatic heterocycles. The molecule has 0 aliphatic carbocycles. The van der Waals surface area contributed by atoms with Crippen LogP contribution in [0.4, 0.5) is 0 Å². The van der Waals surface area contributed by atoms with E-state index in [1.54, 1.807) is 7.05 Å². The maximum atomic E-state index is 11.4. The van der Waals surface area contributed by atoms with Gasteiger partial charge in [-0.3, -0.25) is 9.89 Å². The van der Waals surface area contributed by atoms with Crippen LogP contribution in [0, 0.1) is 0 Å². The standard InChI is InChI=1S/C6H5BrN4O/c1-11-2-8-5-3(6(11)12)4(7)9-10-5/h2H,1H3,(H,9,10). The number of nitrogens with zero attached hydrogens (tertiary/aromatic N) is 3. The lowest BCUT2D eigenvalue weighted by Gasteiger charge is -1.93. The summed E-state index contributed by atoms with van der Waals surface area (Å²) in [6, 6.07) is 0. The summed E-state index contributed by atoms with van der Waals surface area (Å²) in [5.74, 6) is 0. The fourth-order valence-electron chi connectivity index (χ4n) is 0.965. The number of aryl methyl sites for hydroxylation is 1. The van der Waals surface area contributed by atoms with E-state index in [0.717, 1.165) is 0 Å². The summed E-state index contributed by atoms with van der Waals surface area (Å²) in [4.78, 5) is 15.4. The van der Waals surface area contributed by atoms with Gasteiger partial charge >= 0.3 is 0 Å². The fourth-order valence-corrected chi connectivity index (χ4v) is 1.40. The average molecular weight is 229 g/mol. The maximum absolute atomic E-state index is 11.4. The van der Waals surface area contributed by atoms with Crippen molar-refractivity contribution in [3.63, 3.8) is 0 Å². The zero-order chi connectivity index (χ0) is 8.72. The molecule has 0 amide bonds. The molecule has 0 atom stereocenters. The molecule has 62 valence electrons. The molecule has 0 saturated carbocycles. The number of hydrogen-bond acceptors (Lipinski definition) is 3. The molecule has 2 rings (SSSR count). The van der Waals surface area contributed by atoms with Crippen LogP contribution >= 0.6 is 15.9 Å². The Morgan fingerprint density at radius 3 is 3.17 bits per heavy atom. The third kappa shape index (κ3) is 0.878. The summed E-state index contributed by atoms with van der Waals surface area (Å²) in [7, 11) is 1.65. The molecule has 0 aliphatic rings. The van der Waals surface area contributed by atoms with Gasteiger partial charge in [-0.05, 0) is 15.9 Å². The normalized spacial score (nSPS) is 10.8. The summed E-state index contributed by atoms with van der Waals surface area (Å²) < 4.78 is 1.98. The second kappa shape index (κ2) is 2.41. The highest BCUT2D eigenvalue weighted by Crippen LogP contribution is 2.13. The van der Waals surface area contributed by atoms with Crippen LogP contribution in [0.3, 0.4) is 0 Å². The number of aromatic nitrogens is 4. The van der Waals surface area contributed by atoms with Gasteiger partial charge in [0.05, 0.1) is 6.33 Å². The lowest BCUT2D eigenvalue weighted by Crippen LogP contribution is -2.16. The van der Waals surface area contributed by atoms with Crippen molar-refractivity contribution in [1.29, 1.82) is 0 Å². The Morgan fingerprint density at radius 2 is 2.42 bits per heavy atom. The number of aromatic amines is 1. The van der Waals surface area contributed by atoms with Gasteiger partial charge in [0, 0.05) is 7.05 Å². The smallest absolute Gasteiger partial charge is 0.265 e. The highest BCUT2D eigenvalue weighted by molar-refractivity contribution is 9.10. The van der Waals surface area contributed by atoms with Crippen molar-refractivity contribution in [2.45, 2.75) is 0 Å². The zero-order valence-electron chi connectivity index (χ0n) is 6.21. The predicted octanol–water partition coefficient (Wildman–Crippen LogP) is 0.419. The minimum atomic E-state index is -0.111. The second-order valence-electron chi connectivity index (χ2n) is 2.40. The van der Waals surface area contributed by atoms with Gasteiger partial charge in [-0.2, -0.15) is 5.10 Å². The van der Waals surface area contributed by atoms with Gasteiger partial charge in [0.2, 0.25) is 0 Å². The first kappa shape index (κ1) is 7.48. The van der Waals surface area contributed by atoms with Crippen LogP contribution in [0.15, 0.2) is 15.7 Å². The van der Waals surface area contributed by atoms with Crippen molar-refractivity contribution >= 4 is 27.0 Å². The Bertz CT molecular complexity index is 486. The predicted molar refractivity (Wildman–Crippen MR) is 46.8 cm³/mol. The quantitative estimate of drug-likeness (QED) is 0.711. The summed E-state index contributed by atoms with van der Waals surface area (Å²) in [6.07, 6.45) is 1.44. The Labute approximate surface area is 75.6 Å². The molecule has 0 fully saturated rings. The van der Waals surface area contributed by atoms with Crippen molar-refractivity contribution in [2.75, 3.05) is 0 Å². The molecule has 0 spiro atoms.